The summed E-state index contributed by atoms with van der Waals surface area (Å²) < 4.78 is 18.6. The van der Waals surface area contributed by atoms with Gasteiger partial charge < -0.3 is 4.74 Å². The molecule has 0 saturated heterocycles. The fourth-order valence-electron chi connectivity index (χ4n) is 4.00. The van der Waals surface area contributed by atoms with Crippen LogP contribution >= 0.6 is 0 Å². The first-order chi connectivity index (χ1) is 14.1. The number of carbonyl (C=O) groups is 2. The van der Waals surface area contributed by atoms with E-state index in [-0.39, 0.29) is 18.2 Å². The van der Waals surface area contributed by atoms with Gasteiger partial charge in [0.1, 0.15) is 11.7 Å². The summed E-state index contributed by atoms with van der Waals surface area (Å²) in [6.45, 7) is 1.93. The van der Waals surface area contributed by atoms with Gasteiger partial charge >= 0.3 is 5.97 Å². The Morgan fingerprint density at radius 1 is 1.03 bits per heavy atom. The van der Waals surface area contributed by atoms with E-state index in [2.05, 4.69) is 6.07 Å². The molecule has 146 valence electrons. The van der Waals surface area contributed by atoms with Gasteiger partial charge in [-0.25, -0.2) is 4.39 Å². The van der Waals surface area contributed by atoms with E-state index >= 15 is 0 Å². The molecule has 3 aromatic rings. The molecule has 0 radical (unpaired) electrons. The van der Waals surface area contributed by atoms with Crippen LogP contribution in [0.5, 0.6) is 0 Å². The topological polar surface area (TPSA) is 43.4 Å². The maximum Gasteiger partial charge on any atom is 0.317 e. The minimum atomic E-state index is -0.912. The Hall–Kier alpha value is -3.27. The summed E-state index contributed by atoms with van der Waals surface area (Å²) >= 11 is 0. The fraction of sp³-hybridized carbons (Fsp3) is 0.200. The van der Waals surface area contributed by atoms with E-state index in [9.17, 15) is 14.0 Å². The van der Waals surface area contributed by atoms with Crippen LogP contribution in [0.2, 0.25) is 0 Å². The van der Waals surface area contributed by atoms with E-state index in [1.807, 2.05) is 36.4 Å². The predicted octanol–water partition coefficient (Wildman–Crippen LogP) is 5.30. The molecule has 1 aliphatic rings. The van der Waals surface area contributed by atoms with Gasteiger partial charge in [-0.15, -0.1) is 0 Å². The number of carbonyl (C=O) groups excluding carboxylic acids is 2. The van der Waals surface area contributed by atoms with Crippen molar-refractivity contribution in [3.63, 3.8) is 0 Å². The summed E-state index contributed by atoms with van der Waals surface area (Å²) in [5.74, 6) is -2.46. The number of fused-ring (bicyclic) bond motifs is 1. The Bertz CT molecular complexity index is 1100. The molecule has 2 atom stereocenters. The Morgan fingerprint density at radius 3 is 2.48 bits per heavy atom. The third-order valence-corrected chi connectivity index (χ3v) is 5.42. The highest BCUT2D eigenvalue weighted by Gasteiger charge is 2.39. The largest absolute Gasteiger partial charge is 0.465 e. The van der Waals surface area contributed by atoms with Gasteiger partial charge in [0, 0.05) is 5.92 Å². The first kappa shape index (κ1) is 19.1. The van der Waals surface area contributed by atoms with Gasteiger partial charge in [0.25, 0.3) is 0 Å². The molecule has 0 spiro atoms. The van der Waals surface area contributed by atoms with E-state index in [1.165, 1.54) is 12.1 Å². The van der Waals surface area contributed by atoms with E-state index in [1.54, 1.807) is 25.1 Å². The number of rotatable bonds is 4. The number of ether oxygens (including phenoxy) is 1. The second-order valence-electron chi connectivity index (χ2n) is 7.23. The molecule has 3 nitrogen and oxygen atoms in total. The highest BCUT2D eigenvalue weighted by atomic mass is 19.1. The van der Waals surface area contributed by atoms with E-state index < -0.39 is 17.8 Å². The molecule has 0 fully saturated rings. The molecule has 0 bridgehead atoms. The van der Waals surface area contributed by atoms with Crippen LogP contribution in [0, 0.1) is 11.7 Å². The average Bonchev–Trinajstić information content (AvgIpc) is 2.73. The molecule has 2 unspecified atom stereocenters. The number of esters is 1. The number of hydrogen-bond acceptors (Lipinski definition) is 3. The van der Waals surface area contributed by atoms with Gasteiger partial charge in [-0.3, -0.25) is 9.59 Å². The van der Waals surface area contributed by atoms with Crippen molar-refractivity contribution in [1.29, 1.82) is 0 Å². The number of halogens is 1. The number of benzene rings is 3. The van der Waals surface area contributed by atoms with Crippen molar-refractivity contribution >= 4 is 28.1 Å². The van der Waals surface area contributed by atoms with Crippen LogP contribution in [-0.4, -0.2) is 18.4 Å². The smallest absolute Gasteiger partial charge is 0.317 e. The summed E-state index contributed by atoms with van der Waals surface area (Å²) in [5, 5.41) is 2.21. The predicted molar refractivity (Wildman–Crippen MR) is 111 cm³/mol. The zero-order chi connectivity index (χ0) is 20.4. The number of hydrogen-bond donors (Lipinski definition) is 0. The van der Waals surface area contributed by atoms with Gasteiger partial charge in [0.05, 0.1) is 6.61 Å². The highest BCUT2D eigenvalue weighted by Crippen LogP contribution is 2.40. The normalized spacial score (nSPS) is 19.1. The average molecular weight is 388 g/mol. The molecule has 4 rings (SSSR count). The number of ketones is 1. The summed E-state index contributed by atoms with van der Waals surface area (Å²) in [7, 11) is 0. The molecule has 29 heavy (non-hydrogen) atoms. The lowest BCUT2D eigenvalue weighted by Gasteiger charge is -2.29. The standard InChI is InChI=1S/C25H21FO3/c1-2-29-25(28)24-22(17-9-11-21(26)12-10-17)14-20(15-23(24)27)19-8-7-16-5-3-4-6-18(16)13-19/h3-13,15,22,24H,2,14H2,1H3. The van der Waals surface area contributed by atoms with E-state index in [0.29, 0.717) is 6.42 Å². The molecule has 0 amide bonds. The van der Waals surface area contributed by atoms with Crippen molar-refractivity contribution in [3.8, 4) is 0 Å². The van der Waals surface area contributed by atoms with Crippen LogP contribution in [0.15, 0.2) is 72.8 Å². The minimum Gasteiger partial charge on any atom is -0.465 e. The lowest BCUT2D eigenvalue weighted by molar-refractivity contribution is -0.151. The first-order valence-corrected chi connectivity index (χ1v) is 9.72. The van der Waals surface area contributed by atoms with Crippen molar-refractivity contribution in [2.45, 2.75) is 19.3 Å². The lowest BCUT2D eigenvalue weighted by Crippen LogP contribution is -2.34. The first-order valence-electron chi connectivity index (χ1n) is 9.72. The quantitative estimate of drug-likeness (QED) is 0.450. The molecular formula is C25H21FO3. The highest BCUT2D eigenvalue weighted by molar-refractivity contribution is 6.11. The molecular weight excluding hydrogens is 367 g/mol. The van der Waals surface area contributed by atoms with Gasteiger partial charge in [0.15, 0.2) is 5.78 Å². The van der Waals surface area contributed by atoms with Gasteiger partial charge in [-0.05, 0) is 65.1 Å². The molecule has 0 N–H and O–H groups in total. The molecule has 0 aliphatic heterocycles. The van der Waals surface area contributed by atoms with Crippen molar-refractivity contribution in [2.24, 2.45) is 5.92 Å². The second-order valence-corrected chi connectivity index (χ2v) is 7.23. The van der Waals surface area contributed by atoms with Crippen molar-refractivity contribution in [3.05, 3.63) is 89.8 Å². The lowest BCUT2D eigenvalue weighted by atomic mass is 9.73. The zero-order valence-corrected chi connectivity index (χ0v) is 16.1. The molecule has 3 aromatic carbocycles. The molecule has 0 heterocycles. The van der Waals surface area contributed by atoms with Gasteiger partial charge in [-0.2, -0.15) is 0 Å². The van der Waals surface area contributed by atoms with Crippen molar-refractivity contribution < 1.29 is 18.7 Å². The molecule has 4 heteroatoms. The molecule has 0 saturated carbocycles. The third-order valence-electron chi connectivity index (χ3n) is 5.42. The Labute approximate surface area is 168 Å². The van der Waals surface area contributed by atoms with Crippen LogP contribution < -0.4 is 0 Å². The fourth-order valence-corrected chi connectivity index (χ4v) is 4.00. The second kappa shape index (κ2) is 8.00. The maximum absolute atomic E-state index is 13.4. The summed E-state index contributed by atoms with van der Waals surface area (Å²) in [4.78, 5) is 25.5. The van der Waals surface area contributed by atoms with E-state index in [4.69, 9.17) is 4.74 Å². The number of allylic oxidation sites excluding steroid dienone is 2. The Morgan fingerprint density at radius 2 is 1.76 bits per heavy atom. The Kier molecular flexibility index (Phi) is 5.26. The van der Waals surface area contributed by atoms with Crippen molar-refractivity contribution in [1.82, 2.24) is 0 Å². The Balaban J connectivity index is 1.76. The van der Waals surface area contributed by atoms with E-state index in [0.717, 1.165) is 27.5 Å². The molecule has 1 aliphatic carbocycles. The van der Waals surface area contributed by atoms with Crippen LogP contribution in [0.25, 0.3) is 16.3 Å². The van der Waals surface area contributed by atoms with Crippen molar-refractivity contribution in [2.75, 3.05) is 6.61 Å². The van der Waals surface area contributed by atoms with Crippen LogP contribution in [0.3, 0.4) is 0 Å². The SMILES string of the molecule is CCOC(=O)C1C(=O)C=C(c2ccc3ccccc3c2)CC1c1ccc(F)cc1. The molecule has 0 aromatic heterocycles. The summed E-state index contributed by atoms with van der Waals surface area (Å²) in [6.07, 6.45) is 2.06. The minimum absolute atomic E-state index is 0.208. The van der Waals surface area contributed by atoms with Crippen LogP contribution in [0.1, 0.15) is 30.4 Å². The third kappa shape index (κ3) is 3.83. The maximum atomic E-state index is 13.4. The zero-order valence-electron chi connectivity index (χ0n) is 16.1. The van der Waals surface area contributed by atoms with Gasteiger partial charge in [0.2, 0.25) is 0 Å². The van der Waals surface area contributed by atoms with Crippen LogP contribution in [-0.2, 0) is 14.3 Å². The summed E-state index contributed by atoms with van der Waals surface area (Å²) in [5.41, 5.74) is 2.58. The summed E-state index contributed by atoms with van der Waals surface area (Å²) in [6, 6.07) is 20.1. The van der Waals surface area contributed by atoms with Crippen LogP contribution in [0.4, 0.5) is 4.39 Å². The monoisotopic (exact) mass is 388 g/mol. The van der Waals surface area contributed by atoms with Gasteiger partial charge in [-0.1, -0.05) is 48.5 Å².